The molecule has 6 heteroatoms. The molecular formula is C13H19ClN2O3. The first-order chi connectivity index (χ1) is 8.97. The minimum atomic E-state index is -3.00. The number of nitrogens with one attached hydrogen (secondary N) is 1. The molecule has 0 atom stereocenters. The number of nitrogens with zero attached hydrogens (tertiary/aromatic N) is 1. The fourth-order valence-corrected chi connectivity index (χ4v) is 2.73. The third kappa shape index (κ3) is 4.04. The first-order valence-electron chi connectivity index (χ1n) is 6.54. The molecule has 106 valence electrons. The minimum absolute atomic E-state index is 0.0149. The standard InChI is InChI=1S/C13H19ClN2O3/c14-11-6-10(8-16-12(11)13(17,18)19)15-7-9-4-2-1-3-5-9/h6,8-9,15,17-19H,1-5,7H2. The Hall–Kier alpha value is -0.880. The van der Waals surface area contributed by atoms with Crippen molar-refractivity contribution in [2.24, 2.45) is 5.92 Å². The number of hydrogen-bond acceptors (Lipinski definition) is 5. The molecule has 0 spiro atoms. The molecule has 5 nitrogen and oxygen atoms in total. The fraction of sp³-hybridized carbons (Fsp3) is 0.615. The lowest BCUT2D eigenvalue weighted by Gasteiger charge is -2.22. The van der Waals surface area contributed by atoms with Gasteiger partial charge >= 0.3 is 5.97 Å². The predicted molar refractivity (Wildman–Crippen MR) is 72.6 cm³/mol. The zero-order chi connectivity index (χ0) is 13.9. The average molecular weight is 287 g/mol. The molecule has 0 radical (unpaired) electrons. The lowest BCUT2D eigenvalue weighted by Crippen LogP contribution is -2.26. The van der Waals surface area contributed by atoms with Crippen molar-refractivity contribution in [3.8, 4) is 0 Å². The van der Waals surface area contributed by atoms with Gasteiger partial charge in [-0.1, -0.05) is 30.9 Å². The first-order valence-corrected chi connectivity index (χ1v) is 6.91. The molecule has 1 fully saturated rings. The van der Waals surface area contributed by atoms with Crippen LogP contribution in [0.1, 0.15) is 37.8 Å². The molecule has 0 saturated heterocycles. The highest BCUT2D eigenvalue weighted by Crippen LogP contribution is 2.27. The van der Waals surface area contributed by atoms with E-state index >= 15 is 0 Å². The summed E-state index contributed by atoms with van der Waals surface area (Å²) >= 11 is 5.85. The summed E-state index contributed by atoms with van der Waals surface area (Å²) in [7, 11) is 0. The summed E-state index contributed by atoms with van der Waals surface area (Å²) < 4.78 is 0. The van der Waals surface area contributed by atoms with Crippen LogP contribution in [-0.2, 0) is 5.97 Å². The predicted octanol–water partition coefficient (Wildman–Crippen LogP) is 1.81. The van der Waals surface area contributed by atoms with Crippen LogP contribution in [0.15, 0.2) is 12.3 Å². The minimum Gasteiger partial charge on any atom is -0.383 e. The molecular weight excluding hydrogens is 268 g/mol. The van der Waals surface area contributed by atoms with Crippen molar-refractivity contribution in [1.82, 2.24) is 4.98 Å². The Balaban J connectivity index is 1.96. The monoisotopic (exact) mass is 286 g/mol. The van der Waals surface area contributed by atoms with Crippen molar-refractivity contribution in [2.45, 2.75) is 38.1 Å². The molecule has 1 aliphatic carbocycles. The van der Waals surface area contributed by atoms with Crippen LogP contribution in [0.3, 0.4) is 0 Å². The maximum Gasteiger partial charge on any atom is 0.323 e. The normalized spacial score (nSPS) is 17.5. The lowest BCUT2D eigenvalue weighted by atomic mass is 9.89. The summed E-state index contributed by atoms with van der Waals surface area (Å²) in [6, 6.07) is 1.53. The third-order valence-electron chi connectivity index (χ3n) is 3.48. The Morgan fingerprint density at radius 3 is 2.53 bits per heavy atom. The topological polar surface area (TPSA) is 85.6 Å². The van der Waals surface area contributed by atoms with Crippen molar-refractivity contribution in [3.05, 3.63) is 23.0 Å². The van der Waals surface area contributed by atoms with E-state index in [-0.39, 0.29) is 10.7 Å². The van der Waals surface area contributed by atoms with Gasteiger partial charge in [-0.05, 0) is 24.8 Å². The Kier molecular flexibility index (Phi) is 4.62. The van der Waals surface area contributed by atoms with E-state index in [2.05, 4.69) is 10.3 Å². The van der Waals surface area contributed by atoms with Gasteiger partial charge in [-0.25, -0.2) is 4.98 Å². The summed E-state index contributed by atoms with van der Waals surface area (Å²) in [5.41, 5.74) is 0.348. The molecule has 0 amide bonds. The van der Waals surface area contributed by atoms with E-state index in [0.29, 0.717) is 11.6 Å². The van der Waals surface area contributed by atoms with Crippen molar-refractivity contribution in [2.75, 3.05) is 11.9 Å². The molecule has 1 aromatic heterocycles. The van der Waals surface area contributed by atoms with Gasteiger partial charge in [0, 0.05) is 6.54 Å². The van der Waals surface area contributed by atoms with Crippen LogP contribution in [-0.4, -0.2) is 26.8 Å². The van der Waals surface area contributed by atoms with Gasteiger partial charge < -0.3 is 20.6 Å². The summed E-state index contributed by atoms with van der Waals surface area (Å²) in [4.78, 5) is 3.77. The number of halogens is 1. The molecule has 19 heavy (non-hydrogen) atoms. The molecule has 1 heterocycles. The van der Waals surface area contributed by atoms with Crippen molar-refractivity contribution < 1.29 is 15.3 Å². The largest absolute Gasteiger partial charge is 0.383 e. The molecule has 4 N–H and O–H groups in total. The van der Waals surface area contributed by atoms with Gasteiger partial charge in [0.1, 0.15) is 5.69 Å². The average Bonchev–Trinajstić information content (AvgIpc) is 2.36. The molecule has 1 saturated carbocycles. The number of aliphatic hydroxyl groups is 3. The van der Waals surface area contributed by atoms with E-state index < -0.39 is 5.97 Å². The SMILES string of the molecule is OC(O)(O)c1ncc(NCC2CCCCC2)cc1Cl. The quantitative estimate of drug-likeness (QED) is 0.634. The molecule has 0 unspecified atom stereocenters. The number of anilines is 1. The van der Waals surface area contributed by atoms with Gasteiger partial charge in [-0.2, -0.15) is 0 Å². The van der Waals surface area contributed by atoms with E-state index in [0.717, 1.165) is 6.54 Å². The number of pyridine rings is 1. The summed E-state index contributed by atoms with van der Waals surface area (Å²) in [6.07, 6.45) is 7.79. The number of rotatable bonds is 4. The lowest BCUT2D eigenvalue weighted by molar-refractivity contribution is -0.326. The molecule has 0 aliphatic heterocycles. The van der Waals surface area contributed by atoms with Crippen LogP contribution < -0.4 is 5.32 Å². The maximum atomic E-state index is 9.04. The highest BCUT2D eigenvalue weighted by atomic mass is 35.5. The van der Waals surface area contributed by atoms with Crippen LogP contribution in [0.2, 0.25) is 5.02 Å². The van der Waals surface area contributed by atoms with E-state index in [9.17, 15) is 0 Å². The second-order valence-electron chi connectivity index (χ2n) is 5.07. The number of aromatic nitrogens is 1. The van der Waals surface area contributed by atoms with Gasteiger partial charge in [0.2, 0.25) is 0 Å². The van der Waals surface area contributed by atoms with Gasteiger partial charge in [-0.3, -0.25) is 0 Å². The van der Waals surface area contributed by atoms with E-state index in [1.807, 2.05) is 0 Å². The Morgan fingerprint density at radius 2 is 1.95 bits per heavy atom. The molecule has 0 aromatic carbocycles. The highest BCUT2D eigenvalue weighted by Gasteiger charge is 2.27. The Labute approximate surface area is 117 Å². The number of hydrogen-bond donors (Lipinski definition) is 4. The van der Waals surface area contributed by atoms with E-state index in [1.165, 1.54) is 44.4 Å². The zero-order valence-electron chi connectivity index (χ0n) is 10.6. The van der Waals surface area contributed by atoms with Crippen molar-refractivity contribution >= 4 is 17.3 Å². The second-order valence-corrected chi connectivity index (χ2v) is 5.48. The second kappa shape index (κ2) is 6.05. The van der Waals surface area contributed by atoms with Crippen LogP contribution in [0, 0.1) is 5.92 Å². The zero-order valence-corrected chi connectivity index (χ0v) is 11.4. The third-order valence-corrected chi connectivity index (χ3v) is 3.77. The molecule has 1 aromatic rings. The molecule has 1 aliphatic rings. The van der Waals surface area contributed by atoms with E-state index in [1.54, 1.807) is 0 Å². The van der Waals surface area contributed by atoms with Gasteiger partial charge in [0.25, 0.3) is 0 Å². The molecule has 2 rings (SSSR count). The van der Waals surface area contributed by atoms with Gasteiger partial charge in [0.15, 0.2) is 0 Å². The molecule has 0 bridgehead atoms. The fourth-order valence-electron chi connectivity index (χ4n) is 2.43. The summed E-state index contributed by atoms with van der Waals surface area (Å²) in [6.45, 7) is 0.861. The van der Waals surface area contributed by atoms with Crippen LogP contribution in [0.5, 0.6) is 0 Å². The van der Waals surface area contributed by atoms with Crippen molar-refractivity contribution in [3.63, 3.8) is 0 Å². The van der Waals surface area contributed by atoms with Crippen molar-refractivity contribution in [1.29, 1.82) is 0 Å². The first kappa shape index (κ1) is 14.5. The summed E-state index contributed by atoms with van der Waals surface area (Å²) in [5.74, 6) is -2.33. The van der Waals surface area contributed by atoms with Crippen LogP contribution in [0.25, 0.3) is 0 Å². The maximum absolute atomic E-state index is 9.04. The van der Waals surface area contributed by atoms with E-state index in [4.69, 9.17) is 26.9 Å². The Bertz CT molecular complexity index is 428. The Morgan fingerprint density at radius 1 is 1.26 bits per heavy atom. The van der Waals surface area contributed by atoms with Crippen LogP contribution in [0.4, 0.5) is 5.69 Å². The smallest absolute Gasteiger partial charge is 0.323 e. The van der Waals surface area contributed by atoms with Gasteiger partial charge in [-0.15, -0.1) is 0 Å². The summed E-state index contributed by atoms with van der Waals surface area (Å²) in [5, 5.41) is 30.4. The highest BCUT2D eigenvalue weighted by molar-refractivity contribution is 6.31. The van der Waals surface area contributed by atoms with Crippen LogP contribution >= 0.6 is 11.6 Å². The van der Waals surface area contributed by atoms with Gasteiger partial charge in [0.05, 0.1) is 16.9 Å².